The zero-order valence-electron chi connectivity index (χ0n) is 29.9. The monoisotopic (exact) mass is 864 g/mol. The molecule has 0 radical (unpaired) electrons. The Kier molecular flexibility index (Phi) is 2580. The smallest absolute Gasteiger partial charge is 1.00 e. The average Bonchev–Trinajstić information content (AvgIpc) is 2.84. The SMILES string of the molecule is OCl.OCl.OCl.OCl.OCl.OCl.OCl.OCl.OCl.OCl.OCl.OCl.[H-].[H-].[H-].[H-].[H-].[H-].[H-].[H-].[H-].[H-].[Na+].[Na+].[Na+].[Na+].[Na+].[Na+].[Na+].[Na+].[Na+].[Na+]. The van der Waals surface area contributed by atoms with Crippen LogP contribution in [0.1, 0.15) is 14.3 Å². The van der Waals surface area contributed by atoms with Crippen LogP contribution in [0.4, 0.5) is 0 Å². The quantitative estimate of drug-likeness (QED) is 0.102. The van der Waals surface area contributed by atoms with Crippen LogP contribution in [0, 0.1) is 0 Å². The molecule has 34 heavy (non-hydrogen) atoms. The normalized spacial score (nSPS) is 2.12. The predicted molar refractivity (Wildman–Crippen MR) is 108 cm³/mol. The van der Waals surface area contributed by atoms with Crippen LogP contribution in [0.15, 0.2) is 0 Å². The van der Waals surface area contributed by atoms with Gasteiger partial charge in [-0.2, -0.15) is 0 Å². The van der Waals surface area contributed by atoms with E-state index in [4.69, 9.17) is 55.9 Å². The summed E-state index contributed by atoms with van der Waals surface area (Å²) in [5.41, 5.74) is 0. The van der Waals surface area contributed by atoms with E-state index in [1.807, 2.05) is 0 Å². The third-order valence-corrected chi connectivity index (χ3v) is 0. The molecule has 0 saturated heterocycles. The first-order valence-electron chi connectivity index (χ1n) is 2.03. The van der Waals surface area contributed by atoms with Crippen LogP contribution in [0.5, 0.6) is 0 Å². The number of rotatable bonds is 0. The predicted octanol–water partition coefficient (Wildman–Crippen LogP) is -27.2. The molecule has 12 N–H and O–H groups in total. The molecule has 0 spiro atoms. The topological polar surface area (TPSA) is 243 Å². The maximum Gasteiger partial charge on any atom is 1.00 e. The van der Waals surface area contributed by atoms with Gasteiger partial charge in [0.25, 0.3) is 0 Å². The molecular weight excluding hydrogens is 847 g/mol. The van der Waals surface area contributed by atoms with Crippen LogP contribution < -0.4 is 296 Å². The summed E-state index contributed by atoms with van der Waals surface area (Å²) in [6.07, 6.45) is 0. The van der Waals surface area contributed by atoms with E-state index >= 15 is 0 Å². The van der Waals surface area contributed by atoms with Gasteiger partial charge in [0.15, 0.2) is 0 Å². The van der Waals surface area contributed by atoms with Gasteiger partial charge in [-0.3, -0.25) is 55.9 Å². The number of hydrogen-bond acceptors (Lipinski definition) is 12. The summed E-state index contributed by atoms with van der Waals surface area (Å²) in [7, 11) is 0. The van der Waals surface area contributed by atoms with Crippen molar-refractivity contribution in [3.63, 3.8) is 0 Å². The Morgan fingerprint density at radius 3 is 0.147 bits per heavy atom. The third kappa shape index (κ3) is 516. The van der Waals surface area contributed by atoms with Crippen LogP contribution in [0.3, 0.4) is 0 Å². The summed E-state index contributed by atoms with van der Waals surface area (Å²) in [5, 5.41) is 0. The molecular formula is H22Cl12Na10O12. The molecule has 0 aliphatic heterocycles. The van der Waals surface area contributed by atoms with Gasteiger partial charge in [0.1, 0.15) is 0 Å². The first kappa shape index (κ1) is 159. The van der Waals surface area contributed by atoms with E-state index in [1.165, 1.54) is 0 Å². The average molecular weight is 870 g/mol. The van der Waals surface area contributed by atoms with Crippen LogP contribution in [-0.2, 0) is 0 Å². The van der Waals surface area contributed by atoms with Crippen molar-refractivity contribution in [2.75, 3.05) is 0 Å². The fourth-order valence-corrected chi connectivity index (χ4v) is 0. The number of hydrogen-bond donors (Lipinski definition) is 12. The van der Waals surface area contributed by atoms with Crippen molar-refractivity contribution in [2.24, 2.45) is 0 Å². The molecule has 0 rings (SSSR count). The van der Waals surface area contributed by atoms with Gasteiger partial charge >= 0.3 is 296 Å². The van der Waals surface area contributed by atoms with Crippen molar-refractivity contribution in [3.05, 3.63) is 0 Å². The van der Waals surface area contributed by atoms with E-state index in [9.17, 15) is 0 Å². The van der Waals surface area contributed by atoms with Crippen molar-refractivity contribution in [3.8, 4) is 0 Å². The van der Waals surface area contributed by atoms with Gasteiger partial charge in [-0.25, -0.2) is 0 Å². The van der Waals surface area contributed by atoms with Gasteiger partial charge in [0.05, 0.1) is 142 Å². The molecule has 0 aliphatic rings. The Hall–Kier alpha value is 13.0. The molecule has 0 amide bonds. The molecule has 0 atom stereocenters. The van der Waals surface area contributed by atoms with Crippen molar-refractivity contribution < 1.29 is 366 Å². The molecule has 0 aromatic carbocycles. The van der Waals surface area contributed by atoms with Crippen molar-refractivity contribution in [1.82, 2.24) is 0 Å². The molecule has 0 unspecified atom stereocenters. The minimum Gasteiger partial charge on any atom is -1.00 e. The van der Waals surface area contributed by atoms with E-state index < -0.39 is 0 Å². The minimum atomic E-state index is 0. The third-order valence-electron chi connectivity index (χ3n) is 0. The summed E-state index contributed by atoms with van der Waals surface area (Å²) in [5.74, 6) is 0. The molecule has 0 heterocycles. The van der Waals surface area contributed by atoms with E-state index in [1.54, 1.807) is 0 Å². The molecule has 0 aromatic rings. The Bertz CT molecular complexity index is 87.7. The molecule has 0 aromatic heterocycles. The van der Waals surface area contributed by atoms with E-state index in [2.05, 4.69) is 142 Å². The standard InChI is InChI=1S/12ClHO.10Na.10H/c12*1-2;;;;;;;;;;;;;;;;;;;;/h12*2H;;;;;;;;;;;;;;;;;;;;/q;;;;;;;;;;;;10*+1;10*-1. The zero-order chi connectivity index (χ0) is 24.0. The molecule has 12 nitrogen and oxygen atoms in total. The molecule has 0 bridgehead atoms. The van der Waals surface area contributed by atoms with Gasteiger partial charge in [0.2, 0.25) is 0 Å². The minimum absolute atomic E-state index is 0. The molecule has 34 heteroatoms. The Morgan fingerprint density at radius 1 is 0.147 bits per heavy atom. The Labute approximate surface area is 496 Å². The van der Waals surface area contributed by atoms with Crippen molar-refractivity contribution >= 4 is 142 Å². The molecule has 0 aliphatic carbocycles. The fourth-order valence-electron chi connectivity index (χ4n) is 0. The molecule has 0 fully saturated rings. The van der Waals surface area contributed by atoms with Gasteiger partial charge in [-0.1, -0.05) is 0 Å². The summed E-state index contributed by atoms with van der Waals surface area (Å²) in [6.45, 7) is 0. The number of halogens is 12. The maximum atomic E-state index is 6.47. The zero-order valence-corrected chi connectivity index (χ0v) is 49.0. The first-order chi connectivity index (χ1) is 12.0. The van der Waals surface area contributed by atoms with Crippen LogP contribution in [0.2, 0.25) is 0 Å². The second kappa shape index (κ2) is 551. The first-order valence-corrected chi connectivity index (χ1v) is 6.09. The van der Waals surface area contributed by atoms with Crippen molar-refractivity contribution in [2.45, 2.75) is 0 Å². The molecule has 188 valence electrons. The largest absolute Gasteiger partial charge is 1.00 e. The summed E-state index contributed by atoms with van der Waals surface area (Å²) < 4.78 is 77.7. The van der Waals surface area contributed by atoms with Gasteiger partial charge in [0, 0.05) is 0 Å². The van der Waals surface area contributed by atoms with Gasteiger partial charge in [-0.05, 0) is 0 Å². The Morgan fingerprint density at radius 2 is 0.147 bits per heavy atom. The van der Waals surface area contributed by atoms with E-state index in [-0.39, 0.29) is 310 Å². The van der Waals surface area contributed by atoms with E-state index in [0.717, 1.165) is 0 Å². The summed E-state index contributed by atoms with van der Waals surface area (Å²) >= 11 is 43.7. The second-order valence-electron chi connectivity index (χ2n) is 0. The van der Waals surface area contributed by atoms with Crippen LogP contribution in [0.25, 0.3) is 0 Å². The molecule has 0 saturated carbocycles. The van der Waals surface area contributed by atoms with Crippen molar-refractivity contribution in [1.29, 1.82) is 0 Å². The summed E-state index contributed by atoms with van der Waals surface area (Å²) in [4.78, 5) is 0. The van der Waals surface area contributed by atoms with E-state index in [0.29, 0.717) is 0 Å². The fraction of sp³-hybridized carbons (Fsp3) is 0. The van der Waals surface area contributed by atoms with Crippen LogP contribution in [-0.4, -0.2) is 55.9 Å². The van der Waals surface area contributed by atoms with Crippen LogP contribution >= 0.6 is 142 Å². The second-order valence-corrected chi connectivity index (χ2v) is 0. The summed E-state index contributed by atoms with van der Waals surface area (Å²) in [6, 6.07) is 0. The van der Waals surface area contributed by atoms with Gasteiger partial charge in [-0.15, -0.1) is 0 Å². The maximum absolute atomic E-state index is 6.47. The Balaban J connectivity index is -0.00000000114. The van der Waals surface area contributed by atoms with Gasteiger partial charge < -0.3 is 14.3 Å².